The van der Waals surface area contributed by atoms with Crippen molar-refractivity contribution in [2.75, 3.05) is 0 Å². The van der Waals surface area contributed by atoms with E-state index in [1.165, 1.54) is 65.3 Å². The predicted molar refractivity (Wildman–Crippen MR) is 122 cm³/mol. The van der Waals surface area contributed by atoms with Crippen LogP contribution in [-0.2, 0) is 6.42 Å². The fraction of sp³-hybridized carbons (Fsp3) is 0.333. The summed E-state index contributed by atoms with van der Waals surface area (Å²) in [4.78, 5) is 10.0. The highest BCUT2D eigenvalue weighted by atomic mass is 14.8. The normalized spacial score (nSPS) is 15.2. The Kier molecular flexibility index (Phi) is 4.79. The molecule has 0 spiro atoms. The number of hydrogen-bond donors (Lipinski definition) is 0. The first-order chi connectivity index (χ1) is 14.2. The van der Waals surface area contributed by atoms with Gasteiger partial charge in [-0.05, 0) is 61.8 Å². The maximum absolute atomic E-state index is 5.16. The van der Waals surface area contributed by atoms with Crippen molar-refractivity contribution >= 4 is 21.8 Å². The monoisotopic (exact) mass is 380 g/mol. The molecule has 0 saturated heterocycles. The van der Waals surface area contributed by atoms with Crippen molar-refractivity contribution in [3.63, 3.8) is 0 Å². The van der Waals surface area contributed by atoms with E-state index in [2.05, 4.69) is 68.4 Å². The van der Waals surface area contributed by atoms with Crippen LogP contribution in [0.4, 0.5) is 0 Å². The van der Waals surface area contributed by atoms with Crippen molar-refractivity contribution < 1.29 is 0 Å². The Morgan fingerprint density at radius 2 is 1.55 bits per heavy atom. The summed E-state index contributed by atoms with van der Waals surface area (Å²) in [6, 6.07) is 19.6. The van der Waals surface area contributed by atoms with Gasteiger partial charge in [0.05, 0.1) is 11.0 Å². The molecule has 2 nitrogen and oxygen atoms in total. The quantitative estimate of drug-likeness (QED) is 0.356. The average molecular weight is 381 g/mol. The summed E-state index contributed by atoms with van der Waals surface area (Å²) in [6.45, 7) is 4.28. The second kappa shape index (κ2) is 7.59. The average Bonchev–Trinajstić information content (AvgIpc) is 2.75. The van der Waals surface area contributed by atoms with E-state index >= 15 is 0 Å². The van der Waals surface area contributed by atoms with Gasteiger partial charge in [-0.1, -0.05) is 67.8 Å². The van der Waals surface area contributed by atoms with Crippen molar-refractivity contribution in [3.05, 3.63) is 82.7 Å². The third-order valence-corrected chi connectivity index (χ3v) is 6.53. The van der Waals surface area contributed by atoms with Crippen LogP contribution in [0.5, 0.6) is 0 Å². The maximum Gasteiger partial charge on any atom is 0.0970 e. The molecule has 2 heterocycles. The predicted octanol–water partition coefficient (Wildman–Crippen LogP) is 7.04. The Hall–Kier alpha value is -2.74. The van der Waals surface area contributed by atoms with Gasteiger partial charge in [-0.2, -0.15) is 0 Å². The fourth-order valence-corrected chi connectivity index (χ4v) is 5.14. The summed E-state index contributed by atoms with van der Waals surface area (Å²) in [6.07, 6.45) is 7.60. The third-order valence-electron chi connectivity index (χ3n) is 6.53. The lowest BCUT2D eigenvalue weighted by Gasteiger charge is -2.27. The number of rotatable bonds is 3. The van der Waals surface area contributed by atoms with Crippen LogP contribution in [0.15, 0.2) is 54.6 Å². The van der Waals surface area contributed by atoms with Crippen LogP contribution in [0.3, 0.4) is 0 Å². The second-order valence-electron chi connectivity index (χ2n) is 8.57. The second-order valence-corrected chi connectivity index (χ2v) is 8.57. The van der Waals surface area contributed by atoms with Gasteiger partial charge in [-0.15, -0.1) is 0 Å². The number of pyridine rings is 2. The lowest BCUT2D eigenvalue weighted by molar-refractivity contribution is 0.440. The molecule has 146 valence electrons. The molecule has 1 aliphatic carbocycles. The van der Waals surface area contributed by atoms with Crippen LogP contribution in [-0.4, -0.2) is 9.97 Å². The van der Waals surface area contributed by atoms with E-state index in [9.17, 15) is 0 Å². The van der Waals surface area contributed by atoms with Gasteiger partial charge in [0.25, 0.3) is 0 Å². The molecule has 1 fully saturated rings. The maximum atomic E-state index is 5.16. The van der Waals surface area contributed by atoms with Crippen LogP contribution in [0.2, 0.25) is 0 Å². The van der Waals surface area contributed by atoms with Gasteiger partial charge < -0.3 is 0 Å². The summed E-state index contributed by atoms with van der Waals surface area (Å²) in [5.41, 5.74) is 8.69. The Labute approximate surface area is 173 Å². The van der Waals surface area contributed by atoms with E-state index in [1.54, 1.807) is 0 Å². The molecule has 2 heteroatoms. The Morgan fingerprint density at radius 3 is 2.34 bits per heavy atom. The minimum absolute atomic E-state index is 0.639. The SMILES string of the molecule is Cc1ccc2ccc3c(Cc4ccccc4)c(C4CCCCC4)c(C)nc3c2n1. The van der Waals surface area contributed by atoms with E-state index in [-0.39, 0.29) is 0 Å². The van der Waals surface area contributed by atoms with Crippen LogP contribution in [0.1, 0.15) is 66.1 Å². The van der Waals surface area contributed by atoms with Gasteiger partial charge in [-0.25, -0.2) is 0 Å². The van der Waals surface area contributed by atoms with Crippen molar-refractivity contribution in [1.29, 1.82) is 0 Å². The number of nitrogens with zero attached hydrogens (tertiary/aromatic N) is 2. The van der Waals surface area contributed by atoms with E-state index in [0.29, 0.717) is 5.92 Å². The standard InChI is InChI=1S/C27H28N2/c1-18-13-14-22-15-16-23-24(17-20-9-5-3-6-10-20)25(21-11-7-4-8-12-21)19(2)29-27(23)26(22)28-18/h3,5-6,9-10,13-16,21H,4,7-8,11-12,17H2,1-2H3. The first-order valence-electron chi connectivity index (χ1n) is 10.9. The van der Waals surface area contributed by atoms with Crippen LogP contribution in [0.25, 0.3) is 21.8 Å². The van der Waals surface area contributed by atoms with Gasteiger partial charge in [0, 0.05) is 22.2 Å². The number of benzene rings is 2. The molecule has 4 aromatic rings. The number of fused-ring (bicyclic) bond motifs is 3. The molecule has 0 N–H and O–H groups in total. The summed E-state index contributed by atoms with van der Waals surface area (Å²) in [5, 5.41) is 2.46. The van der Waals surface area contributed by atoms with Crippen LogP contribution in [0, 0.1) is 13.8 Å². The largest absolute Gasteiger partial charge is 0.251 e. The minimum atomic E-state index is 0.639. The molecule has 2 aromatic carbocycles. The van der Waals surface area contributed by atoms with Crippen LogP contribution < -0.4 is 0 Å². The van der Waals surface area contributed by atoms with Crippen molar-refractivity contribution in [2.45, 2.75) is 58.3 Å². The summed E-state index contributed by atoms with van der Waals surface area (Å²) in [7, 11) is 0. The number of aryl methyl sites for hydroxylation is 2. The van der Waals surface area contributed by atoms with E-state index in [0.717, 1.165) is 23.1 Å². The van der Waals surface area contributed by atoms with Gasteiger partial charge in [-0.3, -0.25) is 9.97 Å². The Morgan fingerprint density at radius 1 is 0.793 bits per heavy atom. The molecule has 5 rings (SSSR count). The zero-order valence-electron chi connectivity index (χ0n) is 17.4. The molecule has 0 radical (unpaired) electrons. The molecule has 0 atom stereocenters. The summed E-state index contributed by atoms with van der Waals surface area (Å²) < 4.78 is 0. The molecule has 0 aliphatic heterocycles. The van der Waals surface area contributed by atoms with Gasteiger partial charge in [0.1, 0.15) is 0 Å². The first-order valence-corrected chi connectivity index (χ1v) is 10.9. The zero-order valence-corrected chi connectivity index (χ0v) is 17.4. The van der Waals surface area contributed by atoms with E-state index < -0.39 is 0 Å². The zero-order chi connectivity index (χ0) is 19.8. The summed E-state index contributed by atoms with van der Waals surface area (Å²) in [5.74, 6) is 0.639. The molecular weight excluding hydrogens is 352 g/mol. The molecule has 1 saturated carbocycles. The highest BCUT2D eigenvalue weighted by Gasteiger charge is 2.24. The molecule has 0 amide bonds. The van der Waals surface area contributed by atoms with Gasteiger partial charge >= 0.3 is 0 Å². The summed E-state index contributed by atoms with van der Waals surface area (Å²) >= 11 is 0. The molecule has 0 bridgehead atoms. The smallest absolute Gasteiger partial charge is 0.0970 e. The van der Waals surface area contributed by atoms with Crippen LogP contribution >= 0.6 is 0 Å². The van der Waals surface area contributed by atoms with Crippen molar-refractivity contribution in [2.24, 2.45) is 0 Å². The van der Waals surface area contributed by atoms with E-state index in [4.69, 9.17) is 9.97 Å². The molecular formula is C27H28N2. The lowest BCUT2D eigenvalue weighted by Crippen LogP contribution is -2.12. The first kappa shape index (κ1) is 18.3. The minimum Gasteiger partial charge on any atom is -0.251 e. The number of aromatic nitrogens is 2. The topological polar surface area (TPSA) is 25.8 Å². The number of hydrogen-bond acceptors (Lipinski definition) is 2. The third kappa shape index (κ3) is 3.42. The molecule has 1 aliphatic rings. The molecule has 2 aromatic heterocycles. The van der Waals surface area contributed by atoms with Gasteiger partial charge in [0.2, 0.25) is 0 Å². The van der Waals surface area contributed by atoms with Crippen molar-refractivity contribution in [3.8, 4) is 0 Å². The fourth-order valence-electron chi connectivity index (χ4n) is 5.14. The van der Waals surface area contributed by atoms with Crippen molar-refractivity contribution in [1.82, 2.24) is 9.97 Å². The molecule has 29 heavy (non-hydrogen) atoms. The van der Waals surface area contributed by atoms with Gasteiger partial charge in [0.15, 0.2) is 0 Å². The van der Waals surface area contributed by atoms with E-state index in [1.807, 2.05) is 0 Å². The Bertz CT molecular complexity index is 1170. The highest BCUT2D eigenvalue weighted by molar-refractivity contribution is 6.04. The molecule has 0 unspecified atom stereocenters. The Balaban J connectivity index is 1.79. The lowest BCUT2D eigenvalue weighted by atomic mass is 9.79. The highest BCUT2D eigenvalue weighted by Crippen LogP contribution is 2.40.